The van der Waals surface area contributed by atoms with E-state index >= 15 is 0 Å². The van der Waals surface area contributed by atoms with E-state index in [-0.39, 0.29) is 12.4 Å². The molecule has 10 heavy (non-hydrogen) atoms. The van der Waals surface area contributed by atoms with Crippen LogP contribution in [0.25, 0.3) is 0 Å². The molecule has 1 spiro atoms. The molecule has 1 unspecified atom stereocenters. The summed E-state index contributed by atoms with van der Waals surface area (Å²) in [5.74, 6) is 0. The maximum absolute atomic E-state index is 5.89. The molecule has 0 aromatic carbocycles. The zero-order chi connectivity index (χ0) is 6.70. The fourth-order valence-corrected chi connectivity index (χ4v) is 2.50. The van der Waals surface area contributed by atoms with Crippen LogP contribution in [0.2, 0.25) is 0 Å². The van der Waals surface area contributed by atoms with E-state index in [1.807, 2.05) is 0 Å². The Balaban J connectivity index is 0.000000500. The van der Waals surface area contributed by atoms with Gasteiger partial charge in [-0.15, -0.1) is 12.4 Å². The Hall–Kier alpha value is 0.250. The Kier molecular flexibility index (Phi) is 1.58. The Bertz CT molecular complexity index is 149. The molecule has 2 N–H and O–H groups in total. The highest BCUT2D eigenvalue weighted by molar-refractivity contribution is 5.85. The molecule has 0 saturated heterocycles. The van der Waals surface area contributed by atoms with Crippen LogP contribution in [-0.2, 0) is 0 Å². The van der Waals surface area contributed by atoms with Crippen LogP contribution in [0.5, 0.6) is 0 Å². The SMILES string of the molecule is CC1(C)CC(N)C12CC2.Cl. The first-order valence-electron chi connectivity index (χ1n) is 3.84. The van der Waals surface area contributed by atoms with Crippen molar-refractivity contribution in [1.29, 1.82) is 0 Å². The Morgan fingerprint density at radius 2 is 1.80 bits per heavy atom. The maximum Gasteiger partial charge on any atom is 0.0106 e. The average Bonchev–Trinajstić information content (AvgIpc) is 2.40. The molecule has 0 amide bonds. The molecule has 2 rings (SSSR count). The molecule has 2 aliphatic rings. The van der Waals surface area contributed by atoms with Crippen molar-refractivity contribution in [1.82, 2.24) is 0 Å². The van der Waals surface area contributed by atoms with Gasteiger partial charge in [-0.25, -0.2) is 0 Å². The van der Waals surface area contributed by atoms with E-state index in [1.165, 1.54) is 19.3 Å². The molecule has 0 heterocycles. The summed E-state index contributed by atoms with van der Waals surface area (Å²) in [6.07, 6.45) is 4.02. The number of hydrogen-bond acceptors (Lipinski definition) is 1. The van der Waals surface area contributed by atoms with Crippen LogP contribution in [-0.4, -0.2) is 6.04 Å². The summed E-state index contributed by atoms with van der Waals surface area (Å²) in [6.45, 7) is 4.70. The largest absolute Gasteiger partial charge is 0.327 e. The van der Waals surface area contributed by atoms with Crippen LogP contribution in [0.4, 0.5) is 0 Å². The predicted octanol–water partition coefficient (Wildman–Crippen LogP) is 1.95. The zero-order valence-corrected chi connectivity index (χ0v) is 7.50. The van der Waals surface area contributed by atoms with Crippen molar-refractivity contribution >= 4 is 12.4 Å². The topological polar surface area (TPSA) is 26.0 Å². The maximum atomic E-state index is 5.89. The third-order valence-corrected chi connectivity index (χ3v) is 3.58. The molecule has 0 radical (unpaired) electrons. The first-order chi connectivity index (χ1) is 4.08. The quantitative estimate of drug-likeness (QED) is 0.578. The standard InChI is InChI=1S/C8H15N.ClH/c1-7(2)5-6(9)8(7)3-4-8;/h6H,3-5,9H2,1-2H3;1H. The van der Waals surface area contributed by atoms with Gasteiger partial charge in [-0.2, -0.15) is 0 Å². The molecule has 1 nitrogen and oxygen atoms in total. The van der Waals surface area contributed by atoms with E-state index in [9.17, 15) is 0 Å². The van der Waals surface area contributed by atoms with E-state index in [1.54, 1.807) is 0 Å². The Morgan fingerprint density at radius 3 is 1.90 bits per heavy atom. The van der Waals surface area contributed by atoms with Gasteiger partial charge in [0.2, 0.25) is 0 Å². The minimum atomic E-state index is 0. The lowest BCUT2D eigenvalue weighted by Gasteiger charge is -2.51. The van der Waals surface area contributed by atoms with Gasteiger partial charge >= 0.3 is 0 Å². The number of hydrogen-bond donors (Lipinski definition) is 1. The highest BCUT2D eigenvalue weighted by Gasteiger charge is 2.65. The van der Waals surface area contributed by atoms with Gasteiger partial charge in [-0.1, -0.05) is 13.8 Å². The van der Waals surface area contributed by atoms with E-state index in [2.05, 4.69) is 13.8 Å². The van der Waals surface area contributed by atoms with Crippen LogP contribution < -0.4 is 5.73 Å². The first kappa shape index (κ1) is 8.35. The van der Waals surface area contributed by atoms with Gasteiger partial charge < -0.3 is 5.73 Å². The summed E-state index contributed by atoms with van der Waals surface area (Å²) >= 11 is 0. The second-order valence-corrected chi connectivity index (χ2v) is 4.35. The van der Waals surface area contributed by atoms with E-state index < -0.39 is 0 Å². The van der Waals surface area contributed by atoms with Crippen molar-refractivity contribution in [2.75, 3.05) is 0 Å². The molecule has 1 atom stereocenters. The Labute approximate surface area is 68.8 Å². The van der Waals surface area contributed by atoms with E-state index in [0.29, 0.717) is 16.9 Å². The van der Waals surface area contributed by atoms with E-state index in [4.69, 9.17) is 5.73 Å². The lowest BCUT2D eigenvalue weighted by atomic mass is 9.56. The molecule has 2 saturated carbocycles. The summed E-state index contributed by atoms with van der Waals surface area (Å²) in [7, 11) is 0. The normalized spacial score (nSPS) is 38.1. The van der Waals surface area contributed by atoms with Crippen molar-refractivity contribution in [3.63, 3.8) is 0 Å². The summed E-state index contributed by atoms with van der Waals surface area (Å²) in [5.41, 5.74) is 7.07. The number of nitrogens with two attached hydrogens (primary N) is 1. The van der Waals surface area contributed by atoms with Crippen LogP contribution in [0.15, 0.2) is 0 Å². The molecular formula is C8H16ClN. The number of halogens is 1. The third kappa shape index (κ3) is 0.680. The smallest absolute Gasteiger partial charge is 0.0106 e. The van der Waals surface area contributed by atoms with Crippen molar-refractivity contribution in [3.05, 3.63) is 0 Å². The highest BCUT2D eigenvalue weighted by atomic mass is 35.5. The molecule has 2 fully saturated rings. The van der Waals surface area contributed by atoms with Gasteiger partial charge in [-0.05, 0) is 30.1 Å². The monoisotopic (exact) mass is 161 g/mol. The van der Waals surface area contributed by atoms with Crippen molar-refractivity contribution in [3.8, 4) is 0 Å². The fourth-order valence-electron chi connectivity index (χ4n) is 2.50. The molecule has 60 valence electrons. The van der Waals surface area contributed by atoms with Crippen LogP contribution in [0.3, 0.4) is 0 Å². The van der Waals surface area contributed by atoms with Gasteiger partial charge in [0.15, 0.2) is 0 Å². The number of rotatable bonds is 0. The first-order valence-corrected chi connectivity index (χ1v) is 3.84. The summed E-state index contributed by atoms with van der Waals surface area (Å²) in [5, 5.41) is 0. The summed E-state index contributed by atoms with van der Waals surface area (Å²) in [6, 6.07) is 0.535. The van der Waals surface area contributed by atoms with Gasteiger partial charge in [0.1, 0.15) is 0 Å². The summed E-state index contributed by atoms with van der Waals surface area (Å²) in [4.78, 5) is 0. The van der Waals surface area contributed by atoms with Gasteiger partial charge in [0.05, 0.1) is 0 Å². The molecule has 0 aromatic heterocycles. The molecule has 2 heteroatoms. The summed E-state index contributed by atoms with van der Waals surface area (Å²) < 4.78 is 0. The zero-order valence-electron chi connectivity index (χ0n) is 6.68. The molecular weight excluding hydrogens is 146 g/mol. The van der Waals surface area contributed by atoms with Crippen LogP contribution in [0.1, 0.15) is 33.1 Å². The third-order valence-electron chi connectivity index (χ3n) is 3.58. The molecule has 0 bridgehead atoms. The van der Waals surface area contributed by atoms with Gasteiger partial charge in [-0.3, -0.25) is 0 Å². The predicted molar refractivity (Wildman–Crippen MR) is 45.3 cm³/mol. The second-order valence-electron chi connectivity index (χ2n) is 4.35. The van der Waals surface area contributed by atoms with Gasteiger partial charge in [0, 0.05) is 6.04 Å². The second kappa shape index (κ2) is 1.89. The lowest BCUT2D eigenvalue weighted by molar-refractivity contribution is 0.0161. The van der Waals surface area contributed by atoms with Crippen molar-refractivity contribution < 1.29 is 0 Å². The van der Waals surface area contributed by atoms with E-state index in [0.717, 1.165) is 0 Å². The van der Waals surface area contributed by atoms with Gasteiger partial charge in [0.25, 0.3) is 0 Å². The van der Waals surface area contributed by atoms with Crippen LogP contribution >= 0.6 is 12.4 Å². The Morgan fingerprint density at radius 1 is 1.30 bits per heavy atom. The molecule has 0 aromatic rings. The molecule has 0 aliphatic heterocycles. The van der Waals surface area contributed by atoms with Crippen molar-refractivity contribution in [2.45, 2.75) is 39.2 Å². The molecule has 2 aliphatic carbocycles. The van der Waals surface area contributed by atoms with Crippen LogP contribution in [0, 0.1) is 10.8 Å². The fraction of sp³-hybridized carbons (Fsp3) is 1.00. The lowest BCUT2D eigenvalue weighted by Crippen LogP contribution is -2.54. The minimum absolute atomic E-state index is 0. The highest BCUT2D eigenvalue weighted by Crippen LogP contribution is 2.70. The minimum Gasteiger partial charge on any atom is -0.327 e. The van der Waals surface area contributed by atoms with Crippen molar-refractivity contribution in [2.24, 2.45) is 16.6 Å². The average molecular weight is 162 g/mol.